The molecule has 0 spiro atoms. The lowest BCUT2D eigenvalue weighted by Gasteiger charge is -2.09. The Hall–Kier alpha value is -3.13. The smallest absolute Gasteiger partial charge is 0.212 e. The molecule has 2 nitrogen and oxygen atoms in total. The van der Waals surface area contributed by atoms with Crippen LogP contribution in [0.5, 0.6) is 0 Å². The molecule has 5 rings (SSSR count). The largest absolute Gasteiger partial charge is 0.455 e. The van der Waals surface area contributed by atoms with Gasteiger partial charge in [-0.1, -0.05) is 44.0 Å². The molecule has 28 heavy (non-hydrogen) atoms. The third-order valence-corrected chi connectivity index (χ3v) is 5.49. The average molecular weight is 374 g/mol. The topological polar surface area (TPSA) is 17.0 Å². The van der Waals surface area contributed by atoms with Crippen LogP contribution in [0.2, 0.25) is 0 Å². The molecule has 0 atom stereocenters. The van der Waals surface area contributed by atoms with Crippen molar-refractivity contribution >= 4 is 32.7 Å². The molecule has 0 aliphatic carbocycles. The van der Waals surface area contributed by atoms with Crippen LogP contribution in [-0.2, 0) is 7.05 Å². The fourth-order valence-corrected chi connectivity index (χ4v) is 3.97. The van der Waals surface area contributed by atoms with Crippen LogP contribution in [-0.4, -0.2) is 0 Å². The van der Waals surface area contributed by atoms with Gasteiger partial charge in [0.2, 0.25) is 5.69 Å². The van der Waals surface area contributed by atoms with E-state index in [1.165, 1.54) is 12.1 Å². The second-order valence-electron chi connectivity index (χ2n) is 7.17. The van der Waals surface area contributed by atoms with E-state index in [-0.39, 0.29) is 5.56 Å². The molecule has 2 aromatic heterocycles. The van der Waals surface area contributed by atoms with Gasteiger partial charge < -0.3 is 4.42 Å². The van der Waals surface area contributed by atoms with Gasteiger partial charge in [0.05, 0.1) is 5.56 Å². The van der Waals surface area contributed by atoms with Crippen LogP contribution < -0.4 is 4.57 Å². The van der Waals surface area contributed by atoms with Crippen molar-refractivity contribution in [3.63, 3.8) is 0 Å². The number of rotatable bonds is 2. The molecule has 0 N–H and O–H groups in total. The fraction of sp³-hybridized carbons (Fsp3) is 0.192. The number of benzene rings is 3. The van der Waals surface area contributed by atoms with Gasteiger partial charge in [0.15, 0.2) is 6.20 Å². The van der Waals surface area contributed by atoms with E-state index in [0.29, 0.717) is 11.3 Å². The Morgan fingerprint density at radius 3 is 2.57 bits per heavy atom. The zero-order chi connectivity index (χ0) is 25.3. The first-order valence-electron chi connectivity index (χ1n) is 12.7. The van der Waals surface area contributed by atoms with Gasteiger partial charge in [-0.15, -0.1) is 0 Å². The standard InChI is InChI=1S/C26H24NO/c1-16(2)19-13-14-27(4)24(15-19)20-11-12-22-23-10-9-18-7-5-6-8-21(18)26(23)28-25(22)17(20)3/h5-16H,1-4H3/q+1/i1D3,2D3,16D. The molecular weight excluding hydrogens is 342 g/mol. The summed E-state index contributed by atoms with van der Waals surface area (Å²) < 4.78 is 63.8. The first-order chi connectivity index (χ1) is 16.3. The predicted octanol–water partition coefficient (Wildman–Crippen LogP) is 6.66. The molecule has 0 saturated heterocycles. The van der Waals surface area contributed by atoms with Crippen molar-refractivity contribution < 1.29 is 18.6 Å². The van der Waals surface area contributed by atoms with Gasteiger partial charge >= 0.3 is 0 Å². The molecule has 2 heteroatoms. The zero-order valence-electron chi connectivity index (χ0n) is 22.7. The lowest BCUT2D eigenvalue weighted by molar-refractivity contribution is -0.660. The first-order valence-corrected chi connectivity index (χ1v) is 9.19. The summed E-state index contributed by atoms with van der Waals surface area (Å²) >= 11 is 0. The van der Waals surface area contributed by atoms with Gasteiger partial charge in [-0.05, 0) is 42.0 Å². The van der Waals surface area contributed by atoms with Crippen molar-refractivity contribution in [3.8, 4) is 11.3 Å². The van der Waals surface area contributed by atoms with Crippen LogP contribution >= 0.6 is 0 Å². The summed E-state index contributed by atoms with van der Waals surface area (Å²) in [7, 11) is 1.80. The van der Waals surface area contributed by atoms with E-state index < -0.39 is 19.6 Å². The van der Waals surface area contributed by atoms with E-state index >= 15 is 0 Å². The highest BCUT2D eigenvalue weighted by Crippen LogP contribution is 2.38. The number of aromatic nitrogens is 1. The van der Waals surface area contributed by atoms with Gasteiger partial charge in [-0.3, -0.25) is 0 Å². The maximum atomic E-state index is 8.58. The quantitative estimate of drug-likeness (QED) is 0.316. The monoisotopic (exact) mass is 373 g/mol. The maximum absolute atomic E-state index is 8.58. The highest BCUT2D eigenvalue weighted by atomic mass is 16.3. The van der Waals surface area contributed by atoms with Crippen LogP contribution in [0.25, 0.3) is 44.0 Å². The lowest BCUT2D eigenvalue weighted by Crippen LogP contribution is -2.30. The Labute approximate surface area is 174 Å². The molecular formula is C26H24NO+. The van der Waals surface area contributed by atoms with E-state index in [1.54, 1.807) is 17.8 Å². The number of fused-ring (bicyclic) bond motifs is 5. The van der Waals surface area contributed by atoms with Gasteiger partial charge in [-0.25, -0.2) is 4.57 Å². The second kappa shape index (κ2) is 6.20. The van der Waals surface area contributed by atoms with Gasteiger partial charge in [0, 0.05) is 43.5 Å². The Morgan fingerprint density at radius 2 is 1.71 bits per heavy atom. The minimum absolute atomic E-state index is 0.0827. The number of hydrogen-bond acceptors (Lipinski definition) is 1. The van der Waals surface area contributed by atoms with Crippen LogP contribution in [0.1, 0.15) is 40.3 Å². The van der Waals surface area contributed by atoms with Crippen LogP contribution in [0.4, 0.5) is 0 Å². The summed E-state index contributed by atoms with van der Waals surface area (Å²) in [5.41, 5.74) is 3.63. The zero-order valence-corrected chi connectivity index (χ0v) is 15.7. The lowest BCUT2D eigenvalue weighted by atomic mass is 9.97. The molecule has 3 aromatic carbocycles. The molecule has 138 valence electrons. The molecule has 2 heterocycles. The number of pyridine rings is 1. The summed E-state index contributed by atoms with van der Waals surface area (Å²) in [6, 6.07) is 18.9. The molecule has 0 radical (unpaired) electrons. The number of hydrogen-bond donors (Lipinski definition) is 0. The molecule has 0 saturated carbocycles. The van der Waals surface area contributed by atoms with Crippen molar-refractivity contribution in [2.45, 2.75) is 26.5 Å². The van der Waals surface area contributed by atoms with E-state index in [0.717, 1.165) is 38.3 Å². The molecule has 0 fully saturated rings. The van der Waals surface area contributed by atoms with Crippen LogP contribution in [0.15, 0.2) is 71.3 Å². The van der Waals surface area contributed by atoms with Gasteiger partial charge in [0.1, 0.15) is 18.2 Å². The SMILES string of the molecule is [2H]C([2H])([2H])C([2H])(c1cc[n+](C)c(-c2ccc3c(oc4c5ccccc5ccc34)c2C)c1)C([2H])([2H])[2H]. The van der Waals surface area contributed by atoms with E-state index in [1.807, 2.05) is 49.4 Å². The third kappa shape index (κ3) is 2.45. The van der Waals surface area contributed by atoms with E-state index in [9.17, 15) is 0 Å². The number of aryl methyl sites for hydroxylation is 2. The molecule has 0 aliphatic heterocycles. The number of furan rings is 1. The molecule has 0 amide bonds. The summed E-state index contributed by atoms with van der Waals surface area (Å²) in [5, 5.41) is 4.06. The van der Waals surface area contributed by atoms with Gasteiger partial charge in [0.25, 0.3) is 0 Å². The van der Waals surface area contributed by atoms with Crippen LogP contribution in [0.3, 0.4) is 0 Å². The maximum Gasteiger partial charge on any atom is 0.212 e. The van der Waals surface area contributed by atoms with Crippen molar-refractivity contribution in [1.29, 1.82) is 0 Å². The highest BCUT2D eigenvalue weighted by Gasteiger charge is 2.19. The minimum Gasteiger partial charge on any atom is -0.455 e. The summed E-state index contributed by atoms with van der Waals surface area (Å²) in [6.07, 6.45) is 1.60. The third-order valence-electron chi connectivity index (χ3n) is 5.49. The van der Waals surface area contributed by atoms with E-state index in [4.69, 9.17) is 14.0 Å². The summed E-state index contributed by atoms with van der Waals surface area (Å²) in [6.45, 7) is -4.17. The normalized spacial score (nSPS) is 16.9. The fourth-order valence-electron chi connectivity index (χ4n) is 3.97. The minimum atomic E-state index is -3.05. The Kier molecular flexibility index (Phi) is 2.44. The Balaban J connectivity index is 1.76. The predicted molar refractivity (Wildman–Crippen MR) is 117 cm³/mol. The Bertz CT molecular complexity index is 1600. The van der Waals surface area contributed by atoms with Crippen molar-refractivity contribution in [2.75, 3.05) is 0 Å². The van der Waals surface area contributed by atoms with Crippen LogP contribution in [0, 0.1) is 6.92 Å². The Morgan fingerprint density at radius 1 is 0.929 bits per heavy atom. The summed E-state index contributed by atoms with van der Waals surface area (Å²) in [4.78, 5) is 0. The van der Waals surface area contributed by atoms with Gasteiger partial charge in [-0.2, -0.15) is 0 Å². The summed E-state index contributed by atoms with van der Waals surface area (Å²) in [5.74, 6) is -2.76. The first kappa shape index (κ1) is 11.0. The molecule has 0 unspecified atom stereocenters. The second-order valence-corrected chi connectivity index (χ2v) is 7.17. The van der Waals surface area contributed by atoms with E-state index in [2.05, 4.69) is 6.07 Å². The number of nitrogens with zero attached hydrogens (tertiary/aromatic N) is 1. The molecule has 0 aliphatic rings. The van der Waals surface area contributed by atoms with Crippen molar-refractivity contribution in [3.05, 3.63) is 78.0 Å². The van der Waals surface area contributed by atoms with Crippen molar-refractivity contribution in [2.24, 2.45) is 7.05 Å². The highest BCUT2D eigenvalue weighted by molar-refractivity contribution is 6.15. The average Bonchev–Trinajstić information content (AvgIpc) is 3.18. The molecule has 5 aromatic rings. The van der Waals surface area contributed by atoms with Crippen molar-refractivity contribution in [1.82, 2.24) is 0 Å². The molecule has 0 bridgehead atoms.